The standard InChI is InChI=1S/C27H26N4O3S/c1-19-6-2-5-9-24(19)31-26(33)22-7-3-4-8-23(22)29-27(31)35-18-25(32)28-20-10-12-21(13-11-20)30-14-16-34-17-15-30/h2-13H,14-18H2,1H3,(H,28,32). The Labute approximate surface area is 207 Å². The fourth-order valence-electron chi connectivity index (χ4n) is 4.14. The molecule has 5 rings (SSSR count). The Morgan fingerprint density at radius 1 is 1.00 bits per heavy atom. The number of anilines is 2. The summed E-state index contributed by atoms with van der Waals surface area (Å²) in [6.45, 7) is 5.14. The monoisotopic (exact) mass is 486 g/mol. The van der Waals surface area contributed by atoms with Gasteiger partial charge in [0.15, 0.2) is 5.16 Å². The first-order valence-corrected chi connectivity index (χ1v) is 12.5. The fraction of sp³-hybridized carbons (Fsp3) is 0.222. The molecule has 1 amide bonds. The number of rotatable bonds is 6. The van der Waals surface area contributed by atoms with Crippen molar-refractivity contribution < 1.29 is 9.53 Å². The summed E-state index contributed by atoms with van der Waals surface area (Å²) in [5.74, 6) is -0.0325. The van der Waals surface area contributed by atoms with Crippen molar-refractivity contribution in [2.24, 2.45) is 0 Å². The molecule has 178 valence electrons. The fourth-order valence-corrected chi connectivity index (χ4v) is 4.95. The van der Waals surface area contributed by atoms with E-state index >= 15 is 0 Å². The van der Waals surface area contributed by atoms with Gasteiger partial charge in [-0.05, 0) is 55.0 Å². The Hall–Kier alpha value is -3.62. The zero-order valence-electron chi connectivity index (χ0n) is 19.4. The first kappa shape index (κ1) is 23.1. The third-order valence-electron chi connectivity index (χ3n) is 5.96. The summed E-state index contributed by atoms with van der Waals surface area (Å²) in [6.07, 6.45) is 0. The average molecular weight is 487 g/mol. The lowest BCUT2D eigenvalue weighted by Crippen LogP contribution is -2.36. The zero-order chi connectivity index (χ0) is 24.2. The van der Waals surface area contributed by atoms with Crippen LogP contribution in [0.1, 0.15) is 5.56 Å². The van der Waals surface area contributed by atoms with Gasteiger partial charge in [0.05, 0.1) is 35.6 Å². The number of amides is 1. The molecule has 0 atom stereocenters. The molecule has 1 aromatic heterocycles. The van der Waals surface area contributed by atoms with E-state index in [4.69, 9.17) is 9.72 Å². The van der Waals surface area contributed by atoms with Crippen LogP contribution in [0.2, 0.25) is 0 Å². The number of fused-ring (bicyclic) bond motifs is 1. The lowest BCUT2D eigenvalue weighted by molar-refractivity contribution is -0.113. The summed E-state index contributed by atoms with van der Waals surface area (Å²) in [5.41, 5.74) is 4.03. The number of ether oxygens (including phenoxy) is 1. The molecule has 7 nitrogen and oxygen atoms in total. The number of hydrogen-bond acceptors (Lipinski definition) is 6. The molecule has 0 aliphatic carbocycles. The van der Waals surface area contributed by atoms with E-state index in [1.807, 2.05) is 73.7 Å². The third-order valence-corrected chi connectivity index (χ3v) is 6.90. The molecule has 0 unspecified atom stereocenters. The van der Waals surface area contributed by atoms with Gasteiger partial charge in [0.25, 0.3) is 5.56 Å². The lowest BCUT2D eigenvalue weighted by Gasteiger charge is -2.28. The lowest BCUT2D eigenvalue weighted by atomic mass is 10.2. The van der Waals surface area contributed by atoms with Crippen LogP contribution >= 0.6 is 11.8 Å². The minimum Gasteiger partial charge on any atom is -0.378 e. The van der Waals surface area contributed by atoms with Crippen LogP contribution in [0.25, 0.3) is 16.6 Å². The van der Waals surface area contributed by atoms with Gasteiger partial charge in [-0.1, -0.05) is 42.1 Å². The molecular formula is C27H26N4O3S. The molecule has 0 bridgehead atoms. The van der Waals surface area contributed by atoms with E-state index < -0.39 is 0 Å². The van der Waals surface area contributed by atoms with Gasteiger partial charge in [-0.25, -0.2) is 4.98 Å². The number of morpholine rings is 1. The predicted octanol–water partition coefficient (Wildman–Crippen LogP) is 4.26. The minimum atomic E-state index is -0.159. The van der Waals surface area contributed by atoms with Crippen molar-refractivity contribution in [3.8, 4) is 5.69 Å². The second-order valence-electron chi connectivity index (χ2n) is 8.32. The van der Waals surface area contributed by atoms with E-state index in [1.54, 1.807) is 10.6 Å². The first-order valence-electron chi connectivity index (χ1n) is 11.5. The zero-order valence-corrected chi connectivity index (χ0v) is 20.3. The normalized spacial score (nSPS) is 13.7. The third kappa shape index (κ3) is 5.08. The second kappa shape index (κ2) is 10.3. The van der Waals surface area contributed by atoms with Crippen molar-refractivity contribution >= 4 is 39.9 Å². The Morgan fingerprint density at radius 3 is 2.49 bits per heavy atom. The molecule has 1 saturated heterocycles. The van der Waals surface area contributed by atoms with Crippen LogP contribution in [0.3, 0.4) is 0 Å². The number of nitrogens with zero attached hydrogens (tertiary/aromatic N) is 3. The van der Waals surface area contributed by atoms with Crippen molar-refractivity contribution in [2.75, 3.05) is 42.3 Å². The average Bonchev–Trinajstić information content (AvgIpc) is 2.89. The molecule has 1 N–H and O–H groups in total. The molecule has 4 aromatic rings. The summed E-state index contributed by atoms with van der Waals surface area (Å²) in [6, 6.07) is 22.8. The van der Waals surface area contributed by atoms with E-state index in [0.29, 0.717) is 16.1 Å². The Balaban J connectivity index is 1.35. The van der Waals surface area contributed by atoms with E-state index in [1.165, 1.54) is 11.8 Å². The van der Waals surface area contributed by atoms with E-state index in [0.717, 1.165) is 48.9 Å². The minimum absolute atomic E-state index is 0.127. The van der Waals surface area contributed by atoms with Crippen molar-refractivity contribution in [3.63, 3.8) is 0 Å². The Kier molecular flexibility index (Phi) is 6.83. The van der Waals surface area contributed by atoms with Crippen molar-refractivity contribution in [1.29, 1.82) is 0 Å². The van der Waals surface area contributed by atoms with Crippen molar-refractivity contribution in [2.45, 2.75) is 12.1 Å². The molecule has 0 spiro atoms. The van der Waals surface area contributed by atoms with E-state index in [9.17, 15) is 9.59 Å². The van der Waals surface area contributed by atoms with Crippen LogP contribution in [0.4, 0.5) is 11.4 Å². The highest BCUT2D eigenvalue weighted by Gasteiger charge is 2.16. The number of carbonyl (C=O) groups is 1. The maximum absolute atomic E-state index is 13.4. The summed E-state index contributed by atoms with van der Waals surface area (Å²) in [4.78, 5) is 33.2. The van der Waals surface area contributed by atoms with Gasteiger partial charge in [0, 0.05) is 24.5 Å². The molecule has 0 radical (unpaired) electrons. The molecule has 0 saturated carbocycles. The summed E-state index contributed by atoms with van der Waals surface area (Å²) < 4.78 is 7.01. The number of thioether (sulfide) groups is 1. The number of carbonyl (C=O) groups excluding carboxylic acids is 1. The Morgan fingerprint density at radius 2 is 1.71 bits per heavy atom. The molecule has 2 heterocycles. The van der Waals surface area contributed by atoms with Gasteiger partial charge in [-0.15, -0.1) is 0 Å². The van der Waals surface area contributed by atoms with Gasteiger partial charge >= 0.3 is 0 Å². The number of aryl methyl sites for hydroxylation is 1. The number of aromatic nitrogens is 2. The number of hydrogen-bond donors (Lipinski definition) is 1. The predicted molar refractivity (Wildman–Crippen MR) is 141 cm³/mol. The quantitative estimate of drug-likeness (QED) is 0.324. The van der Waals surface area contributed by atoms with Crippen LogP contribution in [0.5, 0.6) is 0 Å². The van der Waals surface area contributed by atoms with E-state index in [2.05, 4.69) is 10.2 Å². The van der Waals surface area contributed by atoms with Gasteiger partial charge in [-0.2, -0.15) is 0 Å². The first-order chi connectivity index (χ1) is 17.1. The summed E-state index contributed by atoms with van der Waals surface area (Å²) >= 11 is 1.25. The summed E-state index contributed by atoms with van der Waals surface area (Å²) in [7, 11) is 0. The Bertz CT molecular complexity index is 1410. The molecule has 3 aromatic carbocycles. The molecule has 35 heavy (non-hydrogen) atoms. The van der Waals surface area contributed by atoms with Gasteiger partial charge in [0.2, 0.25) is 5.91 Å². The molecule has 1 aliphatic rings. The maximum Gasteiger partial charge on any atom is 0.266 e. The highest BCUT2D eigenvalue weighted by molar-refractivity contribution is 7.99. The number of benzene rings is 3. The molecular weight excluding hydrogens is 460 g/mol. The molecule has 8 heteroatoms. The van der Waals surface area contributed by atoms with Crippen LogP contribution in [0, 0.1) is 6.92 Å². The summed E-state index contributed by atoms with van der Waals surface area (Å²) in [5, 5.41) is 3.98. The topological polar surface area (TPSA) is 76.5 Å². The van der Waals surface area contributed by atoms with Crippen molar-refractivity contribution in [3.05, 3.63) is 88.7 Å². The number of nitrogens with one attached hydrogen (secondary N) is 1. The van der Waals surface area contributed by atoms with Crippen LogP contribution in [0.15, 0.2) is 82.7 Å². The molecule has 1 fully saturated rings. The van der Waals surface area contributed by atoms with Crippen molar-refractivity contribution in [1.82, 2.24) is 9.55 Å². The SMILES string of the molecule is Cc1ccccc1-n1c(SCC(=O)Nc2ccc(N3CCOCC3)cc2)nc2ccccc2c1=O. The van der Waals surface area contributed by atoms with Gasteiger partial charge in [0.1, 0.15) is 0 Å². The van der Waals surface area contributed by atoms with Crippen LogP contribution < -0.4 is 15.8 Å². The molecule has 1 aliphatic heterocycles. The van der Waals surface area contributed by atoms with Crippen LogP contribution in [-0.2, 0) is 9.53 Å². The second-order valence-corrected chi connectivity index (χ2v) is 9.26. The van der Waals surface area contributed by atoms with Crippen LogP contribution in [-0.4, -0.2) is 47.5 Å². The number of para-hydroxylation sites is 2. The van der Waals surface area contributed by atoms with E-state index in [-0.39, 0.29) is 17.2 Å². The smallest absolute Gasteiger partial charge is 0.266 e. The largest absolute Gasteiger partial charge is 0.378 e. The highest BCUT2D eigenvalue weighted by Crippen LogP contribution is 2.24. The van der Waals surface area contributed by atoms with Gasteiger partial charge < -0.3 is 15.0 Å². The highest BCUT2D eigenvalue weighted by atomic mass is 32.2. The van der Waals surface area contributed by atoms with Gasteiger partial charge in [-0.3, -0.25) is 14.2 Å². The maximum atomic E-state index is 13.4.